The highest BCUT2D eigenvalue weighted by Crippen LogP contribution is 2.26. The van der Waals surface area contributed by atoms with Crippen LogP contribution in [0, 0.1) is 13.8 Å². The SMILES string of the molecule is Cc1ccc(C)c(N(Cc2ccc(C(=O)Nc3ccc(C(C)C)cc3)cc2)S(C)(=O)=O)c1. The molecule has 168 valence electrons. The van der Waals surface area contributed by atoms with Crippen LogP contribution >= 0.6 is 0 Å². The molecule has 0 saturated carbocycles. The molecule has 6 heteroatoms. The number of hydrogen-bond acceptors (Lipinski definition) is 3. The third-order valence-electron chi connectivity index (χ3n) is 5.41. The first-order valence-corrected chi connectivity index (χ1v) is 12.4. The third kappa shape index (κ3) is 5.77. The van der Waals surface area contributed by atoms with Crippen molar-refractivity contribution in [3.8, 4) is 0 Å². The Labute approximate surface area is 191 Å². The Balaban J connectivity index is 1.76. The maximum atomic E-state index is 12.6. The van der Waals surface area contributed by atoms with E-state index in [1.165, 1.54) is 16.1 Å². The van der Waals surface area contributed by atoms with E-state index in [0.717, 1.165) is 22.4 Å². The van der Waals surface area contributed by atoms with E-state index in [1.54, 1.807) is 24.3 Å². The third-order valence-corrected chi connectivity index (χ3v) is 6.54. The first-order valence-electron chi connectivity index (χ1n) is 10.6. The molecule has 32 heavy (non-hydrogen) atoms. The van der Waals surface area contributed by atoms with E-state index in [2.05, 4.69) is 19.2 Å². The summed E-state index contributed by atoms with van der Waals surface area (Å²) in [5.41, 5.74) is 5.81. The molecular weight excluding hydrogens is 420 g/mol. The zero-order chi connectivity index (χ0) is 23.5. The molecule has 5 nitrogen and oxygen atoms in total. The fourth-order valence-corrected chi connectivity index (χ4v) is 4.39. The molecule has 0 unspecified atom stereocenters. The number of rotatable bonds is 7. The first-order chi connectivity index (χ1) is 15.0. The van der Waals surface area contributed by atoms with E-state index in [9.17, 15) is 13.2 Å². The topological polar surface area (TPSA) is 66.5 Å². The maximum Gasteiger partial charge on any atom is 0.255 e. The first kappa shape index (κ1) is 23.5. The van der Waals surface area contributed by atoms with Crippen LogP contribution in [0.3, 0.4) is 0 Å². The smallest absolute Gasteiger partial charge is 0.255 e. The molecule has 1 amide bonds. The molecule has 0 aliphatic heterocycles. The standard InChI is InChI=1S/C26H30N2O3S/c1-18(2)22-12-14-24(15-13-22)27-26(29)23-10-8-21(9-11-23)17-28(32(5,30)31)25-16-19(3)6-7-20(25)4/h6-16,18H,17H2,1-5H3,(H,27,29). The van der Waals surface area contributed by atoms with Gasteiger partial charge in [0.2, 0.25) is 10.0 Å². The van der Waals surface area contributed by atoms with Crippen LogP contribution in [-0.2, 0) is 16.6 Å². The Bertz CT molecular complexity index is 1200. The number of benzene rings is 3. The molecule has 3 aromatic rings. The highest BCUT2D eigenvalue weighted by molar-refractivity contribution is 7.92. The van der Waals surface area contributed by atoms with E-state index < -0.39 is 10.0 Å². The van der Waals surface area contributed by atoms with Crippen molar-refractivity contribution in [1.82, 2.24) is 0 Å². The fraction of sp³-hybridized carbons (Fsp3) is 0.269. The molecule has 0 spiro atoms. The van der Waals surface area contributed by atoms with Gasteiger partial charge in [0.05, 0.1) is 18.5 Å². The lowest BCUT2D eigenvalue weighted by Crippen LogP contribution is -2.30. The van der Waals surface area contributed by atoms with Gasteiger partial charge in [-0.1, -0.05) is 50.2 Å². The summed E-state index contributed by atoms with van der Waals surface area (Å²) < 4.78 is 26.4. The van der Waals surface area contributed by atoms with Crippen molar-refractivity contribution in [2.45, 2.75) is 40.2 Å². The maximum absolute atomic E-state index is 12.6. The molecule has 0 radical (unpaired) electrons. The lowest BCUT2D eigenvalue weighted by molar-refractivity contribution is 0.102. The van der Waals surface area contributed by atoms with E-state index >= 15 is 0 Å². The average molecular weight is 451 g/mol. The highest BCUT2D eigenvalue weighted by atomic mass is 32.2. The molecule has 3 aromatic carbocycles. The second kappa shape index (κ2) is 9.57. The van der Waals surface area contributed by atoms with Crippen LogP contribution in [0.15, 0.2) is 66.7 Å². The zero-order valence-corrected chi connectivity index (χ0v) is 20.0. The number of nitrogens with one attached hydrogen (secondary N) is 1. The molecule has 0 heterocycles. The molecule has 1 N–H and O–H groups in total. The van der Waals surface area contributed by atoms with Crippen LogP contribution < -0.4 is 9.62 Å². The van der Waals surface area contributed by atoms with Gasteiger partial charge in [-0.3, -0.25) is 9.10 Å². The molecule has 3 rings (SSSR count). The molecule has 0 aliphatic rings. The van der Waals surface area contributed by atoms with Gasteiger partial charge in [0.25, 0.3) is 5.91 Å². The van der Waals surface area contributed by atoms with Gasteiger partial charge in [-0.15, -0.1) is 0 Å². The lowest BCUT2D eigenvalue weighted by Gasteiger charge is -2.25. The van der Waals surface area contributed by atoms with Gasteiger partial charge in [0.15, 0.2) is 0 Å². The van der Waals surface area contributed by atoms with Gasteiger partial charge < -0.3 is 5.32 Å². The van der Waals surface area contributed by atoms with E-state index in [-0.39, 0.29) is 12.5 Å². The van der Waals surface area contributed by atoms with Crippen LogP contribution in [0.1, 0.15) is 52.4 Å². The van der Waals surface area contributed by atoms with E-state index in [0.29, 0.717) is 17.2 Å². The molecule has 0 bridgehead atoms. The summed E-state index contributed by atoms with van der Waals surface area (Å²) in [5, 5.41) is 2.90. The quantitative estimate of drug-likeness (QED) is 0.506. The summed E-state index contributed by atoms with van der Waals surface area (Å²) in [6.07, 6.45) is 1.21. The number of aryl methyl sites for hydroxylation is 2. The van der Waals surface area contributed by atoms with Crippen molar-refractivity contribution in [2.24, 2.45) is 0 Å². The Morgan fingerprint density at radius 3 is 2.12 bits per heavy atom. The van der Waals surface area contributed by atoms with Crippen molar-refractivity contribution in [3.05, 3.63) is 94.5 Å². The predicted octanol–water partition coefficient (Wildman–Crippen LogP) is 5.65. The Morgan fingerprint density at radius 1 is 0.938 bits per heavy atom. The van der Waals surface area contributed by atoms with E-state index in [1.807, 2.05) is 56.3 Å². The summed E-state index contributed by atoms with van der Waals surface area (Å²) in [6.45, 7) is 8.28. The minimum absolute atomic E-state index is 0.196. The van der Waals surface area contributed by atoms with Gasteiger partial charge in [0.1, 0.15) is 0 Å². The van der Waals surface area contributed by atoms with Crippen molar-refractivity contribution < 1.29 is 13.2 Å². The molecular formula is C26H30N2O3S. The number of carbonyl (C=O) groups is 1. The van der Waals surface area contributed by atoms with Crippen LogP contribution in [0.25, 0.3) is 0 Å². The largest absolute Gasteiger partial charge is 0.322 e. The van der Waals surface area contributed by atoms with Crippen LogP contribution in [0.2, 0.25) is 0 Å². The fourth-order valence-electron chi connectivity index (χ4n) is 3.45. The van der Waals surface area contributed by atoms with Crippen molar-refractivity contribution >= 4 is 27.3 Å². The number of nitrogens with zero attached hydrogens (tertiary/aromatic N) is 1. The van der Waals surface area contributed by atoms with E-state index in [4.69, 9.17) is 0 Å². The number of anilines is 2. The second-order valence-corrected chi connectivity index (χ2v) is 10.4. The Morgan fingerprint density at radius 2 is 1.56 bits per heavy atom. The van der Waals surface area contributed by atoms with Gasteiger partial charge in [-0.05, 0) is 72.4 Å². The summed E-state index contributed by atoms with van der Waals surface area (Å²) in [7, 11) is -3.48. The Hall–Kier alpha value is -3.12. The lowest BCUT2D eigenvalue weighted by atomic mass is 10.0. The van der Waals surface area contributed by atoms with Crippen molar-refractivity contribution in [1.29, 1.82) is 0 Å². The van der Waals surface area contributed by atoms with Gasteiger partial charge >= 0.3 is 0 Å². The van der Waals surface area contributed by atoms with Gasteiger partial charge in [0, 0.05) is 11.3 Å². The monoisotopic (exact) mass is 450 g/mol. The zero-order valence-electron chi connectivity index (χ0n) is 19.2. The normalized spacial score (nSPS) is 11.4. The summed E-state index contributed by atoms with van der Waals surface area (Å²) in [5.74, 6) is 0.228. The van der Waals surface area contributed by atoms with Crippen molar-refractivity contribution in [3.63, 3.8) is 0 Å². The summed E-state index contributed by atoms with van der Waals surface area (Å²) >= 11 is 0. The van der Waals surface area contributed by atoms with Gasteiger partial charge in [-0.25, -0.2) is 8.42 Å². The molecule has 0 fully saturated rings. The van der Waals surface area contributed by atoms with Crippen molar-refractivity contribution in [2.75, 3.05) is 15.9 Å². The summed E-state index contributed by atoms with van der Waals surface area (Å²) in [6, 6.07) is 20.6. The number of amides is 1. The van der Waals surface area contributed by atoms with Crippen LogP contribution in [0.5, 0.6) is 0 Å². The molecule has 0 aliphatic carbocycles. The molecule has 0 atom stereocenters. The van der Waals surface area contributed by atoms with Crippen LogP contribution in [-0.4, -0.2) is 20.6 Å². The minimum atomic E-state index is -3.48. The number of hydrogen-bond donors (Lipinski definition) is 1. The minimum Gasteiger partial charge on any atom is -0.322 e. The predicted molar refractivity (Wildman–Crippen MR) is 132 cm³/mol. The molecule has 0 aromatic heterocycles. The Kier molecular flexibility index (Phi) is 7.04. The summed E-state index contributed by atoms with van der Waals surface area (Å²) in [4.78, 5) is 12.6. The highest BCUT2D eigenvalue weighted by Gasteiger charge is 2.20. The molecule has 0 saturated heterocycles. The average Bonchev–Trinajstić information content (AvgIpc) is 2.74. The second-order valence-electron chi connectivity index (χ2n) is 8.49. The number of carbonyl (C=O) groups excluding carboxylic acids is 1. The van der Waals surface area contributed by atoms with Gasteiger partial charge in [-0.2, -0.15) is 0 Å². The number of sulfonamides is 1. The van der Waals surface area contributed by atoms with Crippen LogP contribution in [0.4, 0.5) is 11.4 Å².